The molecule has 70 heavy (non-hydrogen) atoms. The minimum atomic E-state index is -2.83. The molecule has 12 atom stereocenters. The number of aliphatic hydroxyl groups excluding tert-OH is 7. The van der Waals surface area contributed by atoms with Crippen molar-refractivity contribution >= 4 is 74.4 Å². The number of carbonyl (C=O) groups is 5. The third-order valence-electron chi connectivity index (χ3n) is 12.1. The summed E-state index contributed by atoms with van der Waals surface area (Å²) in [6.45, 7) is 4.03. The largest absolute Gasteiger partial charge is 0.477 e. The summed E-state index contributed by atoms with van der Waals surface area (Å²) in [6.07, 6.45) is -18.5. The Kier molecular flexibility index (Phi) is 15.6. The van der Waals surface area contributed by atoms with Gasteiger partial charge in [-0.2, -0.15) is 0 Å². The number of H-pyrrole nitrogens is 1. The normalized spacial score (nSPS) is 27.6. The molecule has 12 N–H and O–H groups in total. The van der Waals surface area contributed by atoms with E-state index in [9.17, 15) is 64.8 Å². The molecule has 0 radical (unpaired) electrons. The van der Waals surface area contributed by atoms with Gasteiger partial charge in [-0.3, -0.25) is 14.4 Å². The molecular formula is C46H56ClN5O18. The lowest BCUT2D eigenvalue weighted by Gasteiger charge is -2.47. The number of carboxylic acids is 1. The van der Waals surface area contributed by atoms with Crippen LogP contribution in [0.5, 0.6) is 5.75 Å². The van der Waals surface area contributed by atoms with Crippen LogP contribution in [0.1, 0.15) is 56.1 Å². The van der Waals surface area contributed by atoms with Crippen LogP contribution in [0.4, 0.5) is 16.2 Å². The molecule has 2 saturated heterocycles. The van der Waals surface area contributed by atoms with E-state index in [1.54, 1.807) is 69.3 Å². The molecule has 0 aliphatic carbocycles. The molecule has 0 saturated carbocycles. The van der Waals surface area contributed by atoms with Gasteiger partial charge in [0, 0.05) is 59.7 Å². The number of aromatic amines is 1. The number of halogens is 1. The number of hydrogen-bond acceptors (Lipinski definition) is 17. The van der Waals surface area contributed by atoms with Crippen molar-refractivity contribution in [3.05, 3.63) is 65.9 Å². The number of rotatable bonds is 15. The predicted molar refractivity (Wildman–Crippen MR) is 246 cm³/mol. The molecule has 7 rings (SSSR count). The number of aliphatic hydroxyl groups is 7. The lowest BCUT2D eigenvalue weighted by atomic mass is 9.88. The van der Waals surface area contributed by atoms with Gasteiger partial charge in [0.2, 0.25) is 18.1 Å². The topological polar surface area (TPSA) is 348 Å². The van der Waals surface area contributed by atoms with Crippen molar-refractivity contribution in [2.75, 3.05) is 42.4 Å². The number of carboxylic acid groups (broad SMARTS) is 1. The van der Waals surface area contributed by atoms with E-state index in [1.165, 1.54) is 11.0 Å². The number of alkyl halides is 1. The summed E-state index contributed by atoms with van der Waals surface area (Å²) in [5.41, 5.74) is 1.49. The van der Waals surface area contributed by atoms with Crippen LogP contribution in [0.3, 0.4) is 0 Å². The molecule has 4 amide bonds. The maximum Gasteiger partial charge on any atom is 0.408 e. The molecule has 4 heterocycles. The van der Waals surface area contributed by atoms with E-state index in [0.717, 1.165) is 6.92 Å². The second-order valence-electron chi connectivity index (χ2n) is 18.3. The summed E-state index contributed by atoms with van der Waals surface area (Å²) in [5, 5.41) is 94.4. The lowest BCUT2D eigenvalue weighted by molar-refractivity contribution is -0.332. The van der Waals surface area contributed by atoms with Crippen molar-refractivity contribution in [3.63, 3.8) is 0 Å². The third-order valence-corrected chi connectivity index (χ3v) is 12.4. The Labute approximate surface area is 404 Å². The fourth-order valence-electron chi connectivity index (χ4n) is 8.74. The molecule has 3 aliphatic heterocycles. The van der Waals surface area contributed by atoms with Crippen molar-refractivity contribution < 1.29 is 88.5 Å². The Morgan fingerprint density at radius 2 is 1.70 bits per heavy atom. The van der Waals surface area contributed by atoms with Crippen molar-refractivity contribution in [1.82, 2.24) is 15.6 Å². The molecule has 3 aromatic carbocycles. The SMILES string of the molecule is CC(=O)NC1C(O)CC(OCC2OC(Oc3cc4c(c5ccccc35)C(CCl)CN4C(=O)c3cc4cc(NC(=O)CNC(=O)OC(C)(C)C)ccc4[nH]3)C(O)C(O)C2O)(C(=O)O)OC1C(O)C(O)CO. The van der Waals surface area contributed by atoms with Crippen LogP contribution >= 0.6 is 11.6 Å². The van der Waals surface area contributed by atoms with Crippen molar-refractivity contribution in [2.24, 2.45) is 0 Å². The van der Waals surface area contributed by atoms with Crippen molar-refractivity contribution in [2.45, 2.75) is 113 Å². The van der Waals surface area contributed by atoms with Gasteiger partial charge < -0.3 is 90.4 Å². The smallest absolute Gasteiger partial charge is 0.408 e. The number of aromatic nitrogens is 1. The van der Waals surface area contributed by atoms with E-state index in [4.69, 9.17) is 35.3 Å². The number of fused-ring (bicyclic) bond motifs is 4. The van der Waals surface area contributed by atoms with Gasteiger partial charge in [-0.1, -0.05) is 24.3 Å². The van der Waals surface area contributed by atoms with Gasteiger partial charge in [-0.15, -0.1) is 11.6 Å². The van der Waals surface area contributed by atoms with Crippen LogP contribution in [0.2, 0.25) is 0 Å². The average Bonchev–Trinajstić information content (AvgIpc) is 3.91. The number of carbonyl (C=O) groups excluding carboxylic acids is 4. The highest BCUT2D eigenvalue weighted by Gasteiger charge is 2.57. The summed E-state index contributed by atoms with van der Waals surface area (Å²) in [4.78, 5) is 68.5. The van der Waals surface area contributed by atoms with Gasteiger partial charge in [0.05, 0.1) is 31.0 Å². The maximum absolute atomic E-state index is 14.5. The number of anilines is 2. The fourth-order valence-corrected chi connectivity index (χ4v) is 8.99. The van der Waals surface area contributed by atoms with Crippen LogP contribution in [-0.2, 0) is 33.3 Å². The molecule has 1 aromatic heterocycles. The summed E-state index contributed by atoms with van der Waals surface area (Å²) < 4.78 is 28.7. The summed E-state index contributed by atoms with van der Waals surface area (Å²) in [5.74, 6) is -6.55. The molecule has 2 fully saturated rings. The summed E-state index contributed by atoms with van der Waals surface area (Å²) in [7, 11) is 0. The van der Waals surface area contributed by atoms with Crippen LogP contribution in [0, 0.1) is 0 Å². The Hall–Kier alpha value is -5.70. The van der Waals surface area contributed by atoms with Gasteiger partial charge in [-0.25, -0.2) is 9.59 Å². The van der Waals surface area contributed by atoms with Crippen molar-refractivity contribution in [1.29, 1.82) is 0 Å². The zero-order chi connectivity index (χ0) is 51.0. The molecule has 3 aliphatic rings. The van der Waals surface area contributed by atoms with Crippen LogP contribution in [-0.4, -0.2) is 180 Å². The zero-order valence-electron chi connectivity index (χ0n) is 38.3. The Bertz CT molecular complexity index is 2610. The number of aliphatic carboxylic acids is 1. The first kappa shape index (κ1) is 52.1. The highest BCUT2D eigenvalue weighted by molar-refractivity contribution is 6.19. The molecule has 24 heteroatoms. The molecule has 0 spiro atoms. The lowest BCUT2D eigenvalue weighted by Crippen LogP contribution is -2.68. The van der Waals surface area contributed by atoms with Crippen LogP contribution < -0.4 is 25.6 Å². The van der Waals surface area contributed by atoms with E-state index >= 15 is 0 Å². The minimum Gasteiger partial charge on any atom is -0.477 e. The molecule has 12 unspecified atom stereocenters. The number of amides is 4. The molecule has 380 valence electrons. The van der Waals surface area contributed by atoms with E-state index in [0.29, 0.717) is 38.6 Å². The first-order chi connectivity index (χ1) is 33.0. The standard InChI is InChI=1S/C46H56ClN5O18/c1-20(54)49-35-29(55)14-46(43(63)64,69-40(35)36(58)30(56)18-53)66-19-32-37(59)38(60)39(61)42(68-32)67-31-13-28-34(25-8-6-5-7-24(25)31)22(15-47)17-52(28)41(62)27-12-21-11-23(9-10-26(21)51-27)50-33(57)16-48-44(65)70-45(2,3)4/h5-13,22,29-30,32,35-40,42,51,53,55-56,58-61H,14-19H2,1-4H3,(H,48,65)(H,49,54)(H,50,57)(H,63,64). The summed E-state index contributed by atoms with van der Waals surface area (Å²) >= 11 is 6.53. The van der Waals surface area contributed by atoms with E-state index in [-0.39, 0.29) is 36.3 Å². The highest BCUT2D eigenvalue weighted by Crippen LogP contribution is 2.47. The minimum absolute atomic E-state index is 0.0527. The number of benzene rings is 3. The van der Waals surface area contributed by atoms with Gasteiger partial charge in [0.15, 0.2) is 0 Å². The second-order valence-corrected chi connectivity index (χ2v) is 18.6. The van der Waals surface area contributed by atoms with E-state index in [1.807, 2.05) is 0 Å². The van der Waals surface area contributed by atoms with E-state index in [2.05, 4.69) is 20.9 Å². The Balaban J connectivity index is 1.12. The van der Waals surface area contributed by atoms with Gasteiger partial charge in [0.1, 0.15) is 66.3 Å². The molecule has 0 bridgehead atoms. The number of hydrogen-bond donors (Lipinski definition) is 12. The first-order valence-corrected chi connectivity index (χ1v) is 22.7. The number of alkyl carbamates (subject to hydrolysis) is 1. The first-order valence-electron chi connectivity index (χ1n) is 22.2. The number of ether oxygens (including phenoxy) is 5. The monoisotopic (exact) mass is 1000 g/mol. The molecule has 4 aromatic rings. The number of nitrogens with zero attached hydrogens (tertiary/aromatic N) is 1. The maximum atomic E-state index is 14.5. The Morgan fingerprint density at radius 1 is 0.986 bits per heavy atom. The summed E-state index contributed by atoms with van der Waals surface area (Å²) in [6, 6.07) is 13.6. The third kappa shape index (κ3) is 10.9. The highest BCUT2D eigenvalue weighted by atomic mass is 35.5. The fraction of sp³-hybridized carbons (Fsp3) is 0.500. The van der Waals surface area contributed by atoms with Gasteiger partial charge in [0.25, 0.3) is 11.7 Å². The van der Waals surface area contributed by atoms with Crippen molar-refractivity contribution in [3.8, 4) is 5.75 Å². The van der Waals surface area contributed by atoms with E-state index < -0.39 is 122 Å². The number of nitrogens with one attached hydrogen (secondary N) is 4. The molecular weight excluding hydrogens is 946 g/mol. The zero-order valence-corrected chi connectivity index (χ0v) is 39.0. The van der Waals surface area contributed by atoms with Gasteiger partial charge in [-0.05, 0) is 56.0 Å². The Morgan fingerprint density at radius 3 is 2.36 bits per heavy atom. The quantitative estimate of drug-likeness (QED) is 0.0704. The molecule has 23 nitrogen and oxygen atoms in total. The van der Waals surface area contributed by atoms with Crippen LogP contribution in [0.25, 0.3) is 21.7 Å². The predicted octanol–water partition coefficient (Wildman–Crippen LogP) is 0.120. The van der Waals surface area contributed by atoms with Gasteiger partial charge >= 0.3 is 12.1 Å². The average molecular weight is 1000 g/mol. The van der Waals surface area contributed by atoms with Crippen LogP contribution in [0.15, 0.2) is 54.6 Å². The second kappa shape index (κ2) is 20.9.